The van der Waals surface area contributed by atoms with Crippen molar-refractivity contribution in [1.82, 2.24) is 5.32 Å². The number of nitrogens with one attached hydrogen (secondary N) is 1. The molecule has 1 N–H and O–H groups in total. The summed E-state index contributed by atoms with van der Waals surface area (Å²) in [5, 5.41) is 3.53. The lowest BCUT2D eigenvalue weighted by Gasteiger charge is -2.29. The van der Waals surface area contributed by atoms with Crippen LogP contribution in [0.2, 0.25) is 0 Å². The van der Waals surface area contributed by atoms with Crippen molar-refractivity contribution in [2.45, 2.75) is 52.7 Å². The quantitative estimate of drug-likeness (QED) is 0.661. The third-order valence-corrected chi connectivity index (χ3v) is 2.42. The molecule has 0 spiro atoms. The molecule has 0 aliphatic carbocycles. The molecule has 0 aliphatic rings. The molecule has 0 saturated heterocycles. The third kappa shape index (κ3) is 4.63. The monoisotopic (exact) mass is 187 g/mol. The molecule has 0 radical (unpaired) electrons. The topological polar surface area (TPSA) is 21.3 Å². The highest BCUT2D eigenvalue weighted by Crippen LogP contribution is 2.12. The summed E-state index contributed by atoms with van der Waals surface area (Å²) in [5.74, 6) is 0.583. The molecule has 0 amide bonds. The molecule has 0 aliphatic heterocycles. The lowest BCUT2D eigenvalue weighted by Crippen LogP contribution is -2.43. The van der Waals surface area contributed by atoms with Gasteiger partial charge >= 0.3 is 0 Å². The van der Waals surface area contributed by atoms with Crippen molar-refractivity contribution in [1.29, 1.82) is 0 Å². The normalized spacial score (nSPS) is 16.2. The second-order valence-corrected chi connectivity index (χ2v) is 3.91. The van der Waals surface area contributed by atoms with Crippen LogP contribution in [0.3, 0.4) is 0 Å². The van der Waals surface area contributed by atoms with Gasteiger partial charge in [-0.05, 0) is 25.3 Å². The average Bonchev–Trinajstić information content (AvgIpc) is 2.11. The number of hydrogen-bond acceptors (Lipinski definition) is 2. The largest absolute Gasteiger partial charge is 0.380 e. The van der Waals surface area contributed by atoms with E-state index >= 15 is 0 Å². The summed E-state index contributed by atoms with van der Waals surface area (Å²) in [4.78, 5) is 0. The highest BCUT2D eigenvalue weighted by molar-refractivity contribution is 4.77. The summed E-state index contributed by atoms with van der Waals surface area (Å²) in [6, 6.07) is 0.505. The van der Waals surface area contributed by atoms with E-state index in [1.54, 1.807) is 7.11 Å². The average molecular weight is 187 g/mol. The van der Waals surface area contributed by atoms with Gasteiger partial charge in [-0.15, -0.1) is 0 Å². The third-order valence-electron chi connectivity index (χ3n) is 2.42. The van der Waals surface area contributed by atoms with Crippen LogP contribution in [-0.2, 0) is 4.74 Å². The van der Waals surface area contributed by atoms with Crippen LogP contribution < -0.4 is 5.32 Å². The van der Waals surface area contributed by atoms with Crippen LogP contribution in [0.1, 0.15) is 40.5 Å². The number of hydrogen-bond donors (Lipinski definition) is 1. The lowest BCUT2D eigenvalue weighted by molar-refractivity contribution is 0.0321. The van der Waals surface area contributed by atoms with E-state index in [0.717, 1.165) is 13.0 Å². The molecule has 13 heavy (non-hydrogen) atoms. The summed E-state index contributed by atoms with van der Waals surface area (Å²) in [6.07, 6.45) is 2.67. The van der Waals surface area contributed by atoms with E-state index in [2.05, 4.69) is 33.0 Å². The van der Waals surface area contributed by atoms with Gasteiger partial charge in [0, 0.05) is 13.2 Å². The van der Waals surface area contributed by atoms with Gasteiger partial charge in [0.15, 0.2) is 0 Å². The van der Waals surface area contributed by atoms with E-state index < -0.39 is 0 Å². The van der Waals surface area contributed by atoms with Crippen LogP contribution >= 0.6 is 0 Å². The van der Waals surface area contributed by atoms with Crippen molar-refractivity contribution in [2.75, 3.05) is 13.7 Å². The molecule has 2 heteroatoms. The van der Waals surface area contributed by atoms with Gasteiger partial charge < -0.3 is 10.1 Å². The molecule has 0 bridgehead atoms. The zero-order chi connectivity index (χ0) is 10.3. The Bertz CT molecular complexity index is 115. The van der Waals surface area contributed by atoms with Gasteiger partial charge in [-0.1, -0.05) is 27.7 Å². The molecule has 0 heterocycles. The minimum absolute atomic E-state index is 0.344. The van der Waals surface area contributed by atoms with E-state index in [9.17, 15) is 0 Å². The molecule has 0 aromatic rings. The first kappa shape index (κ1) is 12.9. The molecule has 0 aromatic heterocycles. The minimum Gasteiger partial charge on any atom is -0.380 e. The standard InChI is InChI=1S/C11H25NO/c1-6-8-12-10(7-2)11(13-5)9(3)4/h9-12H,6-8H2,1-5H3. The maximum absolute atomic E-state index is 5.50. The van der Waals surface area contributed by atoms with Gasteiger partial charge in [0.05, 0.1) is 6.10 Å². The first-order valence-electron chi connectivity index (χ1n) is 5.43. The summed E-state index contributed by atoms with van der Waals surface area (Å²) in [5.41, 5.74) is 0. The lowest BCUT2D eigenvalue weighted by atomic mass is 9.97. The number of ether oxygens (including phenoxy) is 1. The maximum atomic E-state index is 5.50. The number of methoxy groups -OCH3 is 1. The Morgan fingerprint density at radius 1 is 1.23 bits per heavy atom. The van der Waals surface area contributed by atoms with Crippen LogP contribution in [0, 0.1) is 5.92 Å². The van der Waals surface area contributed by atoms with Crippen molar-refractivity contribution in [3.63, 3.8) is 0 Å². The van der Waals surface area contributed by atoms with Gasteiger partial charge in [-0.3, -0.25) is 0 Å². The Kier molecular flexibility index (Phi) is 7.29. The summed E-state index contributed by atoms with van der Waals surface area (Å²) < 4.78 is 5.50. The first-order valence-corrected chi connectivity index (χ1v) is 5.43. The van der Waals surface area contributed by atoms with Crippen LogP contribution in [0.25, 0.3) is 0 Å². The predicted octanol–water partition coefficient (Wildman–Crippen LogP) is 2.44. The second kappa shape index (κ2) is 7.34. The second-order valence-electron chi connectivity index (χ2n) is 3.91. The molecule has 2 nitrogen and oxygen atoms in total. The Morgan fingerprint density at radius 3 is 2.15 bits per heavy atom. The zero-order valence-electron chi connectivity index (χ0n) is 9.76. The first-order chi connectivity index (χ1) is 6.17. The molecule has 80 valence electrons. The minimum atomic E-state index is 0.344. The van der Waals surface area contributed by atoms with E-state index in [1.165, 1.54) is 6.42 Å². The van der Waals surface area contributed by atoms with E-state index in [1.807, 2.05) is 0 Å². The summed E-state index contributed by atoms with van der Waals surface area (Å²) in [7, 11) is 1.81. The van der Waals surface area contributed by atoms with Crippen LogP contribution in [-0.4, -0.2) is 25.8 Å². The molecular formula is C11H25NO. The van der Waals surface area contributed by atoms with Gasteiger partial charge in [0.25, 0.3) is 0 Å². The van der Waals surface area contributed by atoms with Crippen LogP contribution in [0.15, 0.2) is 0 Å². The van der Waals surface area contributed by atoms with Gasteiger partial charge in [-0.25, -0.2) is 0 Å². The van der Waals surface area contributed by atoms with Crippen molar-refractivity contribution in [3.8, 4) is 0 Å². The van der Waals surface area contributed by atoms with Crippen molar-refractivity contribution < 1.29 is 4.74 Å². The smallest absolute Gasteiger partial charge is 0.0746 e. The molecule has 2 atom stereocenters. The van der Waals surface area contributed by atoms with Crippen LogP contribution in [0.5, 0.6) is 0 Å². The zero-order valence-corrected chi connectivity index (χ0v) is 9.76. The molecule has 0 rings (SSSR count). The van der Waals surface area contributed by atoms with Crippen molar-refractivity contribution >= 4 is 0 Å². The van der Waals surface area contributed by atoms with Crippen LogP contribution in [0.4, 0.5) is 0 Å². The van der Waals surface area contributed by atoms with Crippen molar-refractivity contribution in [2.24, 2.45) is 5.92 Å². The Balaban J connectivity index is 4.00. The van der Waals surface area contributed by atoms with E-state index in [-0.39, 0.29) is 0 Å². The maximum Gasteiger partial charge on any atom is 0.0746 e. The fraction of sp³-hybridized carbons (Fsp3) is 1.00. The highest BCUT2D eigenvalue weighted by atomic mass is 16.5. The Hall–Kier alpha value is -0.0800. The van der Waals surface area contributed by atoms with E-state index in [0.29, 0.717) is 18.1 Å². The molecule has 0 fully saturated rings. The van der Waals surface area contributed by atoms with Gasteiger partial charge in [0.1, 0.15) is 0 Å². The fourth-order valence-corrected chi connectivity index (χ4v) is 1.72. The number of rotatable bonds is 7. The highest BCUT2D eigenvalue weighted by Gasteiger charge is 2.21. The fourth-order valence-electron chi connectivity index (χ4n) is 1.72. The van der Waals surface area contributed by atoms with E-state index in [4.69, 9.17) is 4.74 Å². The Morgan fingerprint density at radius 2 is 1.85 bits per heavy atom. The molecule has 2 unspecified atom stereocenters. The van der Waals surface area contributed by atoms with Gasteiger partial charge in [0.2, 0.25) is 0 Å². The summed E-state index contributed by atoms with van der Waals surface area (Å²) in [6.45, 7) is 9.92. The SMILES string of the molecule is CCCNC(CC)C(OC)C(C)C. The summed E-state index contributed by atoms with van der Waals surface area (Å²) >= 11 is 0. The van der Waals surface area contributed by atoms with Gasteiger partial charge in [-0.2, -0.15) is 0 Å². The Labute approximate surface area is 83.1 Å². The molecule has 0 aromatic carbocycles. The van der Waals surface area contributed by atoms with Crippen molar-refractivity contribution in [3.05, 3.63) is 0 Å². The molecule has 0 saturated carbocycles. The predicted molar refractivity (Wildman–Crippen MR) is 58.0 cm³/mol. The molecular weight excluding hydrogens is 162 g/mol.